The van der Waals surface area contributed by atoms with Crippen molar-refractivity contribution in [1.29, 1.82) is 0 Å². The molecule has 1 unspecified atom stereocenters. The predicted octanol–water partition coefficient (Wildman–Crippen LogP) is 3.83. The molecule has 0 aromatic heterocycles. The van der Waals surface area contributed by atoms with Crippen LogP contribution in [0.5, 0.6) is 0 Å². The molecule has 1 aromatic carbocycles. The van der Waals surface area contributed by atoms with E-state index in [1.54, 1.807) is 7.11 Å². The van der Waals surface area contributed by atoms with E-state index in [4.69, 9.17) is 27.9 Å². The van der Waals surface area contributed by atoms with E-state index < -0.39 is 0 Å². The molecule has 3 heteroatoms. The molecule has 15 heavy (non-hydrogen) atoms. The summed E-state index contributed by atoms with van der Waals surface area (Å²) in [6.45, 7) is 2.62. The van der Waals surface area contributed by atoms with Crippen LogP contribution < -0.4 is 0 Å². The van der Waals surface area contributed by atoms with Gasteiger partial charge in [-0.1, -0.05) is 23.7 Å². The fourth-order valence-electron chi connectivity index (χ4n) is 1.45. The molecule has 1 nitrogen and oxygen atoms in total. The maximum atomic E-state index is 6.05. The van der Waals surface area contributed by atoms with Gasteiger partial charge in [0.2, 0.25) is 0 Å². The smallest absolute Gasteiger partial charge is 0.0626 e. The second-order valence-corrected chi connectivity index (χ2v) is 4.70. The molecular formula is C12H16Cl2O. The third-order valence-corrected chi connectivity index (χ3v) is 3.08. The number of benzene rings is 1. The first-order valence-electron chi connectivity index (χ1n) is 5.01. The Balaban J connectivity index is 2.47. The zero-order chi connectivity index (χ0) is 11.3. The number of hydrogen-bond donors (Lipinski definition) is 0. The van der Waals surface area contributed by atoms with Crippen LogP contribution in [-0.4, -0.2) is 19.1 Å². The molecule has 0 aliphatic rings. The molecular weight excluding hydrogens is 231 g/mol. The highest BCUT2D eigenvalue weighted by Gasteiger charge is 2.05. The number of methoxy groups -OCH3 is 1. The highest BCUT2D eigenvalue weighted by molar-refractivity contribution is 6.31. The minimum Gasteiger partial charge on any atom is -0.383 e. The Labute approximate surface area is 101 Å². The highest BCUT2D eigenvalue weighted by Crippen LogP contribution is 2.18. The molecule has 84 valence electrons. The summed E-state index contributed by atoms with van der Waals surface area (Å²) in [6.07, 6.45) is 1.89. The third-order valence-electron chi connectivity index (χ3n) is 2.32. The van der Waals surface area contributed by atoms with Gasteiger partial charge in [-0.15, -0.1) is 11.6 Å². The van der Waals surface area contributed by atoms with Gasteiger partial charge in [-0.3, -0.25) is 0 Å². The fraction of sp³-hybridized carbons (Fsp3) is 0.500. The minimum absolute atomic E-state index is 0.0889. The highest BCUT2D eigenvalue weighted by atomic mass is 35.5. The van der Waals surface area contributed by atoms with Crippen LogP contribution in [0.2, 0.25) is 5.02 Å². The molecule has 1 atom stereocenters. The number of rotatable bonds is 5. The number of hydrogen-bond acceptors (Lipinski definition) is 1. The van der Waals surface area contributed by atoms with E-state index in [0.717, 1.165) is 23.4 Å². The Kier molecular flexibility index (Phi) is 5.44. The maximum Gasteiger partial charge on any atom is 0.0626 e. The lowest BCUT2D eigenvalue weighted by molar-refractivity contribution is 0.195. The standard InChI is InChI=1S/C12H16Cl2O/c1-9-7-10(4-6-12(9)14)3-5-11(13)8-15-2/h4,6-7,11H,3,5,8H2,1-2H3. The summed E-state index contributed by atoms with van der Waals surface area (Å²) >= 11 is 12.0. The lowest BCUT2D eigenvalue weighted by atomic mass is 10.1. The SMILES string of the molecule is COCC(Cl)CCc1ccc(Cl)c(C)c1. The summed E-state index contributed by atoms with van der Waals surface area (Å²) < 4.78 is 4.98. The summed E-state index contributed by atoms with van der Waals surface area (Å²) in [5.74, 6) is 0. The quantitative estimate of drug-likeness (QED) is 0.718. The molecule has 0 saturated heterocycles. The second-order valence-electron chi connectivity index (χ2n) is 3.67. The van der Waals surface area contributed by atoms with Crippen molar-refractivity contribution in [3.8, 4) is 0 Å². The van der Waals surface area contributed by atoms with Crippen molar-refractivity contribution in [2.75, 3.05) is 13.7 Å². The van der Waals surface area contributed by atoms with Gasteiger partial charge in [0.15, 0.2) is 0 Å². The van der Waals surface area contributed by atoms with E-state index in [-0.39, 0.29) is 5.38 Å². The van der Waals surface area contributed by atoms with Gasteiger partial charge in [0, 0.05) is 12.1 Å². The van der Waals surface area contributed by atoms with Gasteiger partial charge in [-0.25, -0.2) is 0 Å². The molecule has 1 rings (SSSR count). The Morgan fingerprint density at radius 2 is 2.13 bits per heavy atom. The average molecular weight is 247 g/mol. The normalized spacial score (nSPS) is 12.8. The molecule has 0 amide bonds. The molecule has 0 radical (unpaired) electrons. The van der Waals surface area contributed by atoms with Crippen molar-refractivity contribution in [2.24, 2.45) is 0 Å². The lowest BCUT2D eigenvalue weighted by Gasteiger charge is -2.08. The first-order valence-corrected chi connectivity index (χ1v) is 5.83. The van der Waals surface area contributed by atoms with Crippen LogP contribution in [0.3, 0.4) is 0 Å². The van der Waals surface area contributed by atoms with E-state index in [0.29, 0.717) is 6.61 Å². The van der Waals surface area contributed by atoms with Gasteiger partial charge in [-0.05, 0) is 37.0 Å². The number of aryl methyl sites for hydroxylation is 2. The van der Waals surface area contributed by atoms with E-state index in [1.165, 1.54) is 5.56 Å². The lowest BCUT2D eigenvalue weighted by Crippen LogP contribution is -2.08. The van der Waals surface area contributed by atoms with Crippen LogP contribution in [-0.2, 0) is 11.2 Å². The zero-order valence-electron chi connectivity index (χ0n) is 9.09. The van der Waals surface area contributed by atoms with Gasteiger partial charge in [0.1, 0.15) is 0 Å². The fourth-order valence-corrected chi connectivity index (χ4v) is 1.80. The topological polar surface area (TPSA) is 9.23 Å². The molecule has 0 spiro atoms. The molecule has 0 heterocycles. The van der Waals surface area contributed by atoms with Crippen LogP contribution in [0.25, 0.3) is 0 Å². The van der Waals surface area contributed by atoms with Crippen molar-refractivity contribution < 1.29 is 4.74 Å². The zero-order valence-corrected chi connectivity index (χ0v) is 10.6. The average Bonchev–Trinajstić information content (AvgIpc) is 2.20. The predicted molar refractivity (Wildman–Crippen MR) is 66.0 cm³/mol. The van der Waals surface area contributed by atoms with Crippen LogP contribution in [0.1, 0.15) is 17.5 Å². The van der Waals surface area contributed by atoms with Crippen molar-refractivity contribution in [2.45, 2.75) is 25.1 Å². The Morgan fingerprint density at radius 1 is 1.40 bits per heavy atom. The molecule has 0 aliphatic carbocycles. The largest absolute Gasteiger partial charge is 0.383 e. The first-order chi connectivity index (χ1) is 7.13. The van der Waals surface area contributed by atoms with Gasteiger partial charge in [0.05, 0.1) is 12.0 Å². The number of alkyl halides is 1. The van der Waals surface area contributed by atoms with Crippen LogP contribution >= 0.6 is 23.2 Å². The van der Waals surface area contributed by atoms with Gasteiger partial charge in [0.25, 0.3) is 0 Å². The van der Waals surface area contributed by atoms with E-state index in [9.17, 15) is 0 Å². The molecule has 0 aliphatic heterocycles. The first kappa shape index (κ1) is 12.8. The summed E-state index contributed by atoms with van der Waals surface area (Å²) in [6, 6.07) is 6.09. The van der Waals surface area contributed by atoms with Crippen molar-refractivity contribution in [3.63, 3.8) is 0 Å². The summed E-state index contributed by atoms with van der Waals surface area (Å²) in [5.41, 5.74) is 2.39. The minimum atomic E-state index is 0.0889. The van der Waals surface area contributed by atoms with Crippen LogP contribution in [0, 0.1) is 6.92 Å². The Morgan fingerprint density at radius 3 is 2.73 bits per heavy atom. The van der Waals surface area contributed by atoms with E-state index >= 15 is 0 Å². The number of ether oxygens (including phenoxy) is 1. The van der Waals surface area contributed by atoms with E-state index in [1.807, 2.05) is 19.1 Å². The van der Waals surface area contributed by atoms with Gasteiger partial charge < -0.3 is 4.74 Å². The number of halogens is 2. The second kappa shape index (κ2) is 6.37. The van der Waals surface area contributed by atoms with Gasteiger partial charge >= 0.3 is 0 Å². The van der Waals surface area contributed by atoms with E-state index in [2.05, 4.69) is 6.07 Å². The molecule has 0 N–H and O–H groups in total. The molecule has 0 bridgehead atoms. The van der Waals surface area contributed by atoms with Crippen molar-refractivity contribution >= 4 is 23.2 Å². The summed E-state index contributed by atoms with van der Waals surface area (Å²) in [7, 11) is 1.67. The molecule has 0 saturated carbocycles. The van der Waals surface area contributed by atoms with Crippen LogP contribution in [0.15, 0.2) is 18.2 Å². The van der Waals surface area contributed by atoms with Crippen molar-refractivity contribution in [1.82, 2.24) is 0 Å². The molecule has 0 fully saturated rings. The third kappa shape index (κ3) is 4.42. The summed E-state index contributed by atoms with van der Waals surface area (Å²) in [4.78, 5) is 0. The van der Waals surface area contributed by atoms with Gasteiger partial charge in [-0.2, -0.15) is 0 Å². The monoisotopic (exact) mass is 246 g/mol. The Bertz CT molecular complexity index is 312. The maximum absolute atomic E-state index is 6.05. The van der Waals surface area contributed by atoms with Crippen LogP contribution in [0.4, 0.5) is 0 Å². The molecule has 1 aromatic rings. The Hall–Kier alpha value is -0.240. The summed E-state index contributed by atoms with van der Waals surface area (Å²) in [5, 5.41) is 0.907. The van der Waals surface area contributed by atoms with Crippen molar-refractivity contribution in [3.05, 3.63) is 34.3 Å².